The molecule has 0 radical (unpaired) electrons. The molecule has 0 saturated heterocycles. The van der Waals surface area contributed by atoms with Gasteiger partial charge in [-0.25, -0.2) is 4.31 Å². The van der Waals surface area contributed by atoms with Crippen LogP contribution in [0.5, 0.6) is 0 Å². The average molecular weight is 344 g/mol. The molecule has 3 aliphatic rings. The molecule has 2 amide bonds. The zero-order valence-electron chi connectivity index (χ0n) is 12.2. The maximum absolute atomic E-state index is 12.2. The maximum atomic E-state index is 12.2. The number of esters is 1. The minimum absolute atomic E-state index is 0.0435. The number of carbonyl (C=O) groups excluding carboxylic acids is 3. The van der Waals surface area contributed by atoms with Crippen molar-refractivity contribution in [2.24, 2.45) is 0 Å². The lowest BCUT2D eigenvalue weighted by Gasteiger charge is -2.16. The van der Waals surface area contributed by atoms with Gasteiger partial charge in [-0.2, -0.15) is 0 Å². The van der Waals surface area contributed by atoms with E-state index in [2.05, 4.69) is 0 Å². The molecule has 2 atom stereocenters. The van der Waals surface area contributed by atoms with E-state index in [4.69, 9.17) is 16.3 Å². The summed E-state index contributed by atoms with van der Waals surface area (Å²) in [7, 11) is 0. The topological polar surface area (TPSA) is 63.7 Å². The van der Waals surface area contributed by atoms with Gasteiger partial charge >= 0.3 is 5.97 Å². The van der Waals surface area contributed by atoms with Crippen LogP contribution in [0.15, 0.2) is 11.1 Å². The van der Waals surface area contributed by atoms with Gasteiger partial charge in [0.2, 0.25) is 0 Å². The quantitative estimate of drug-likeness (QED) is 0.340. The lowest BCUT2D eigenvalue weighted by Crippen LogP contribution is -2.28. The summed E-state index contributed by atoms with van der Waals surface area (Å²) in [5.41, 5.74) is 1.27. The van der Waals surface area contributed by atoms with Crippen LogP contribution in [-0.4, -0.2) is 39.3 Å². The first-order valence-electron chi connectivity index (χ1n) is 7.65. The number of ether oxygens (including phenoxy) is 1. The molecule has 0 bridgehead atoms. The molecule has 0 spiro atoms. The highest BCUT2D eigenvalue weighted by molar-refractivity contribution is 7.98. The Morgan fingerprint density at radius 2 is 1.77 bits per heavy atom. The van der Waals surface area contributed by atoms with Gasteiger partial charge in [-0.15, -0.1) is 11.6 Å². The zero-order valence-corrected chi connectivity index (χ0v) is 13.8. The molecule has 120 valence electrons. The summed E-state index contributed by atoms with van der Waals surface area (Å²) in [6.45, 7) is 0. The third kappa shape index (κ3) is 3.04. The Labute approximate surface area is 138 Å². The Bertz CT molecular complexity index is 520. The largest absolute Gasteiger partial charge is 0.460 e. The molecular formula is C15H18ClNO4S. The molecule has 0 aromatic rings. The Kier molecular flexibility index (Phi) is 4.78. The minimum Gasteiger partial charge on any atom is -0.460 e. The van der Waals surface area contributed by atoms with E-state index in [9.17, 15) is 14.4 Å². The lowest BCUT2D eigenvalue weighted by atomic mass is 9.93. The molecule has 1 fully saturated rings. The van der Waals surface area contributed by atoms with Crippen LogP contribution >= 0.6 is 23.5 Å². The Morgan fingerprint density at radius 1 is 1.14 bits per heavy atom. The predicted molar refractivity (Wildman–Crippen MR) is 83.2 cm³/mol. The van der Waals surface area contributed by atoms with Crippen LogP contribution in [0.2, 0.25) is 0 Å². The summed E-state index contributed by atoms with van der Waals surface area (Å²) in [6.07, 6.45) is 5.56. The molecule has 3 rings (SSSR count). The van der Waals surface area contributed by atoms with Gasteiger partial charge in [0.25, 0.3) is 11.8 Å². The second-order valence-corrected chi connectivity index (χ2v) is 7.29. The van der Waals surface area contributed by atoms with Crippen molar-refractivity contribution in [1.82, 2.24) is 4.31 Å². The van der Waals surface area contributed by atoms with Crippen LogP contribution in [0.1, 0.15) is 44.9 Å². The van der Waals surface area contributed by atoms with Gasteiger partial charge < -0.3 is 4.74 Å². The fraction of sp³-hybridized carbons (Fsp3) is 0.667. The summed E-state index contributed by atoms with van der Waals surface area (Å²) >= 11 is 7.00. The van der Waals surface area contributed by atoms with Crippen molar-refractivity contribution in [2.75, 3.05) is 5.75 Å². The van der Waals surface area contributed by atoms with Crippen molar-refractivity contribution in [3.63, 3.8) is 0 Å². The third-order valence-corrected chi connectivity index (χ3v) is 5.77. The van der Waals surface area contributed by atoms with Gasteiger partial charge in [-0.3, -0.25) is 14.4 Å². The van der Waals surface area contributed by atoms with E-state index in [1.807, 2.05) is 0 Å². The monoisotopic (exact) mass is 343 g/mol. The van der Waals surface area contributed by atoms with E-state index in [-0.39, 0.29) is 29.0 Å². The Balaban J connectivity index is 1.53. The van der Waals surface area contributed by atoms with Crippen LogP contribution in [0.3, 0.4) is 0 Å². The molecule has 1 saturated carbocycles. The number of carbonyl (C=O) groups is 3. The SMILES string of the molecule is O=C(CSN1C(=O)C2=C(CCCC2)C1=O)OC1CCCC1Cl. The van der Waals surface area contributed by atoms with Crippen molar-refractivity contribution in [1.29, 1.82) is 0 Å². The van der Waals surface area contributed by atoms with E-state index in [1.54, 1.807) is 0 Å². The van der Waals surface area contributed by atoms with Gasteiger partial charge in [0.1, 0.15) is 11.9 Å². The van der Waals surface area contributed by atoms with E-state index in [0.29, 0.717) is 24.0 Å². The lowest BCUT2D eigenvalue weighted by molar-refractivity contribution is -0.145. The molecule has 1 aliphatic heterocycles. The van der Waals surface area contributed by atoms with E-state index < -0.39 is 5.97 Å². The van der Waals surface area contributed by atoms with Crippen molar-refractivity contribution in [2.45, 2.75) is 56.4 Å². The molecular weight excluding hydrogens is 326 g/mol. The second kappa shape index (κ2) is 6.62. The number of hydrogen-bond donors (Lipinski definition) is 0. The first-order chi connectivity index (χ1) is 10.6. The Morgan fingerprint density at radius 3 is 2.32 bits per heavy atom. The van der Waals surface area contributed by atoms with Gasteiger partial charge in [-0.05, 0) is 56.9 Å². The summed E-state index contributed by atoms with van der Waals surface area (Å²) in [5, 5.41) is -0.127. The molecule has 22 heavy (non-hydrogen) atoms. The number of nitrogens with zero attached hydrogens (tertiary/aromatic N) is 1. The second-order valence-electron chi connectivity index (χ2n) is 5.82. The molecule has 0 aromatic carbocycles. The summed E-state index contributed by atoms with van der Waals surface area (Å²) in [6, 6.07) is 0. The number of amides is 2. The summed E-state index contributed by atoms with van der Waals surface area (Å²) < 4.78 is 6.43. The van der Waals surface area contributed by atoms with Gasteiger partial charge in [0.15, 0.2) is 0 Å². The highest BCUT2D eigenvalue weighted by Crippen LogP contribution is 2.36. The van der Waals surface area contributed by atoms with Crippen LogP contribution in [0.4, 0.5) is 0 Å². The van der Waals surface area contributed by atoms with Crippen molar-refractivity contribution in [3.05, 3.63) is 11.1 Å². The molecule has 2 aliphatic carbocycles. The average Bonchev–Trinajstić information content (AvgIpc) is 3.01. The van der Waals surface area contributed by atoms with Gasteiger partial charge in [0.05, 0.1) is 5.38 Å². The predicted octanol–water partition coefficient (Wildman–Crippen LogP) is 2.58. The minimum atomic E-state index is -0.423. The normalized spacial score (nSPS) is 28.3. The first kappa shape index (κ1) is 15.9. The first-order valence-corrected chi connectivity index (χ1v) is 9.03. The fourth-order valence-corrected chi connectivity index (χ4v) is 4.25. The van der Waals surface area contributed by atoms with Crippen LogP contribution in [0, 0.1) is 0 Å². The Hall–Kier alpha value is -1.01. The molecule has 7 heteroatoms. The fourth-order valence-electron chi connectivity index (χ4n) is 3.17. The van der Waals surface area contributed by atoms with Crippen LogP contribution in [0.25, 0.3) is 0 Å². The number of rotatable bonds is 4. The van der Waals surface area contributed by atoms with Gasteiger partial charge in [-0.1, -0.05) is 0 Å². The van der Waals surface area contributed by atoms with Gasteiger partial charge in [0, 0.05) is 11.1 Å². The molecule has 2 unspecified atom stereocenters. The highest BCUT2D eigenvalue weighted by atomic mass is 35.5. The van der Waals surface area contributed by atoms with Crippen molar-refractivity contribution < 1.29 is 19.1 Å². The van der Waals surface area contributed by atoms with E-state index >= 15 is 0 Å². The molecule has 1 heterocycles. The summed E-state index contributed by atoms with van der Waals surface area (Å²) in [5.74, 6) is -0.979. The molecule has 5 nitrogen and oxygen atoms in total. The number of hydrogen-bond acceptors (Lipinski definition) is 5. The number of imide groups is 1. The number of alkyl halides is 1. The smallest absolute Gasteiger partial charge is 0.318 e. The van der Waals surface area contributed by atoms with E-state index in [1.165, 1.54) is 0 Å². The number of halogens is 1. The highest BCUT2D eigenvalue weighted by Gasteiger charge is 2.39. The van der Waals surface area contributed by atoms with Crippen LogP contribution < -0.4 is 0 Å². The third-order valence-electron chi connectivity index (χ3n) is 4.32. The molecule has 0 N–H and O–H groups in total. The summed E-state index contributed by atoms with van der Waals surface area (Å²) in [4.78, 5) is 36.3. The van der Waals surface area contributed by atoms with E-state index in [0.717, 1.165) is 48.4 Å². The standard InChI is InChI=1S/C15H18ClNO4S/c16-11-6-3-7-12(11)21-13(18)8-22-17-14(19)9-4-1-2-5-10(9)15(17)20/h11-12H,1-8H2. The van der Waals surface area contributed by atoms with Crippen LogP contribution in [-0.2, 0) is 19.1 Å². The van der Waals surface area contributed by atoms with Crippen molar-refractivity contribution in [3.8, 4) is 0 Å². The molecule has 0 aromatic heterocycles. The zero-order chi connectivity index (χ0) is 15.7. The van der Waals surface area contributed by atoms with Crippen molar-refractivity contribution >= 4 is 41.3 Å². The maximum Gasteiger partial charge on any atom is 0.318 e.